The van der Waals surface area contributed by atoms with E-state index in [1.54, 1.807) is 24.3 Å². The monoisotopic (exact) mass is 412 g/mol. The van der Waals surface area contributed by atoms with Crippen LogP contribution >= 0.6 is 11.6 Å². The Morgan fingerprint density at radius 2 is 1.76 bits per heavy atom. The summed E-state index contributed by atoms with van der Waals surface area (Å²) in [4.78, 5) is 29.5. The molecule has 0 atom stereocenters. The average Bonchev–Trinajstić information content (AvgIpc) is 2.98. The van der Waals surface area contributed by atoms with Gasteiger partial charge in [0.05, 0.1) is 21.6 Å². The van der Waals surface area contributed by atoms with E-state index in [1.165, 1.54) is 0 Å². The zero-order valence-electron chi connectivity index (χ0n) is 16.8. The quantitative estimate of drug-likeness (QED) is 0.649. The van der Waals surface area contributed by atoms with Crippen LogP contribution in [-0.2, 0) is 17.8 Å². The van der Waals surface area contributed by atoms with Crippen LogP contribution in [0.5, 0.6) is 0 Å². The van der Waals surface area contributed by atoms with Gasteiger partial charge in [0.1, 0.15) is 12.4 Å². The summed E-state index contributed by atoms with van der Waals surface area (Å²) < 4.78 is 1.90. The molecule has 0 saturated heterocycles. The van der Waals surface area contributed by atoms with E-state index in [0.717, 1.165) is 16.9 Å². The second-order valence-corrected chi connectivity index (χ2v) is 8.29. The number of nitrogens with zero attached hydrogens (tertiary/aromatic N) is 2. The van der Waals surface area contributed by atoms with Crippen LogP contribution < -0.4 is 10.6 Å². The zero-order valence-corrected chi connectivity index (χ0v) is 17.6. The molecule has 0 spiro atoms. The highest BCUT2D eigenvalue weighted by Gasteiger charge is 2.18. The molecule has 0 bridgehead atoms. The number of carbonyl (C=O) groups excluding carboxylic acids is 2. The standard InChI is InChI=1S/C22H25ClN4O2/c1-22(2,3)26-20(28)14-27-18-11-7-6-10-17(18)25-19(27)12-13-24-21(29)15-8-4-5-9-16(15)23/h4-11H,12-14H2,1-3H3,(H,24,29)(H,26,28). The van der Waals surface area contributed by atoms with E-state index in [9.17, 15) is 9.59 Å². The van der Waals surface area contributed by atoms with Crippen LogP contribution in [0.1, 0.15) is 37.0 Å². The molecule has 152 valence electrons. The first-order chi connectivity index (χ1) is 13.7. The molecule has 0 radical (unpaired) electrons. The van der Waals surface area contributed by atoms with Gasteiger partial charge in [-0.15, -0.1) is 0 Å². The smallest absolute Gasteiger partial charge is 0.252 e. The summed E-state index contributed by atoms with van der Waals surface area (Å²) in [6, 6.07) is 14.6. The van der Waals surface area contributed by atoms with E-state index in [-0.39, 0.29) is 23.9 Å². The van der Waals surface area contributed by atoms with Gasteiger partial charge in [0.2, 0.25) is 5.91 Å². The molecule has 29 heavy (non-hydrogen) atoms. The minimum absolute atomic E-state index is 0.0815. The lowest BCUT2D eigenvalue weighted by Crippen LogP contribution is -2.42. The van der Waals surface area contributed by atoms with Gasteiger partial charge in [-0.2, -0.15) is 0 Å². The number of benzene rings is 2. The zero-order chi connectivity index (χ0) is 21.0. The van der Waals surface area contributed by atoms with Crippen molar-refractivity contribution in [1.82, 2.24) is 20.2 Å². The highest BCUT2D eigenvalue weighted by molar-refractivity contribution is 6.33. The van der Waals surface area contributed by atoms with Crippen molar-refractivity contribution in [2.75, 3.05) is 6.54 Å². The van der Waals surface area contributed by atoms with Crippen molar-refractivity contribution in [3.8, 4) is 0 Å². The molecule has 0 saturated carbocycles. The number of nitrogens with one attached hydrogen (secondary N) is 2. The Hall–Kier alpha value is -2.86. The molecule has 0 fully saturated rings. The SMILES string of the molecule is CC(C)(C)NC(=O)Cn1c(CCNC(=O)c2ccccc2Cl)nc2ccccc21. The maximum absolute atomic E-state index is 12.5. The number of hydrogen-bond acceptors (Lipinski definition) is 3. The third-order valence-electron chi connectivity index (χ3n) is 4.30. The van der Waals surface area contributed by atoms with E-state index in [0.29, 0.717) is 23.6 Å². The number of fused-ring (bicyclic) bond motifs is 1. The number of para-hydroxylation sites is 2. The highest BCUT2D eigenvalue weighted by Crippen LogP contribution is 2.17. The molecule has 1 aromatic heterocycles. The summed E-state index contributed by atoms with van der Waals surface area (Å²) in [5.74, 6) is 0.431. The van der Waals surface area contributed by atoms with Crippen LogP contribution in [-0.4, -0.2) is 33.4 Å². The molecule has 2 N–H and O–H groups in total. The summed E-state index contributed by atoms with van der Waals surface area (Å²) in [5, 5.41) is 6.27. The normalized spacial score (nSPS) is 11.4. The van der Waals surface area contributed by atoms with Gasteiger partial charge in [-0.25, -0.2) is 4.98 Å². The summed E-state index contributed by atoms with van der Waals surface area (Å²) in [6.07, 6.45) is 0.494. The van der Waals surface area contributed by atoms with Crippen molar-refractivity contribution in [3.63, 3.8) is 0 Å². The number of carbonyl (C=O) groups is 2. The van der Waals surface area contributed by atoms with Crippen LogP contribution in [0.15, 0.2) is 48.5 Å². The molecule has 7 heteroatoms. The van der Waals surface area contributed by atoms with E-state index in [1.807, 2.05) is 49.6 Å². The molecule has 6 nitrogen and oxygen atoms in total. The number of halogens is 1. The molecule has 2 amide bonds. The number of rotatable bonds is 6. The van der Waals surface area contributed by atoms with Crippen molar-refractivity contribution < 1.29 is 9.59 Å². The Morgan fingerprint density at radius 3 is 2.48 bits per heavy atom. The predicted octanol–water partition coefficient (Wildman–Crippen LogP) is 3.58. The Kier molecular flexibility index (Phi) is 6.23. The Labute approximate surface area is 175 Å². The highest BCUT2D eigenvalue weighted by atomic mass is 35.5. The van der Waals surface area contributed by atoms with Gasteiger partial charge in [0, 0.05) is 18.5 Å². The van der Waals surface area contributed by atoms with Gasteiger partial charge in [0.25, 0.3) is 5.91 Å². The lowest BCUT2D eigenvalue weighted by molar-refractivity contribution is -0.123. The van der Waals surface area contributed by atoms with Crippen LogP contribution in [0, 0.1) is 0 Å². The average molecular weight is 413 g/mol. The fourth-order valence-corrected chi connectivity index (χ4v) is 3.34. The first-order valence-electron chi connectivity index (χ1n) is 9.52. The van der Waals surface area contributed by atoms with Crippen molar-refractivity contribution in [1.29, 1.82) is 0 Å². The summed E-state index contributed by atoms with van der Waals surface area (Å²) in [6.45, 7) is 6.39. The Bertz CT molecular complexity index is 1040. The molecule has 0 aliphatic heterocycles. The van der Waals surface area contributed by atoms with Gasteiger partial charge in [0.15, 0.2) is 0 Å². The van der Waals surface area contributed by atoms with E-state index >= 15 is 0 Å². The predicted molar refractivity (Wildman–Crippen MR) is 115 cm³/mol. The largest absolute Gasteiger partial charge is 0.352 e. The summed E-state index contributed by atoms with van der Waals surface area (Å²) in [7, 11) is 0. The van der Waals surface area contributed by atoms with E-state index < -0.39 is 0 Å². The fraction of sp³-hybridized carbons (Fsp3) is 0.318. The first kappa shape index (κ1) is 20.9. The molecule has 1 heterocycles. The van der Waals surface area contributed by atoms with Crippen molar-refractivity contribution in [2.24, 2.45) is 0 Å². The molecule has 3 aromatic rings. The van der Waals surface area contributed by atoms with Crippen molar-refractivity contribution >= 4 is 34.4 Å². The Morgan fingerprint density at radius 1 is 1.07 bits per heavy atom. The van der Waals surface area contributed by atoms with Crippen LogP contribution in [0.3, 0.4) is 0 Å². The number of hydrogen-bond donors (Lipinski definition) is 2. The lowest BCUT2D eigenvalue weighted by atomic mass is 10.1. The lowest BCUT2D eigenvalue weighted by Gasteiger charge is -2.21. The molecular formula is C22H25ClN4O2. The molecule has 2 aromatic carbocycles. The third-order valence-corrected chi connectivity index (χ3v) is 4.63. The Balaban J connectivity index is 1.74. The van der Waals surface area contributed by atoms with Crippen LogP contribution in [0.25, 0.3) is 11.0 Å². The first-order valence-corrected chi connectivity index (χ1v) is 9.90. The topological polar surface area (TPSA) is 76.0 Å². The van der Waals surface area contributed by atoms with Gasteiger partial charge in [-0.1, -0.05) is 35.9 Å². The second kappa shape index (κ2) is 8.66. The van der Waals surface area contributed by atoms with Gasteiger partial charge in [-0.3, -0.25) is 9.59 Å². The minimum Gasteiger partial charge on any atom is -0.352 e. The summed E-state index contributed by atoms with van der Waals surface area (Å²) in [5.41, 5.74) is 1.84. The maximum Gasteiger partial charge on any atom is 0.252 e. The van der Waals surface area contributed by atoms with Gasteiger partial charge in [-0.05, 0) is 45.0 Å². The molecule has 0 aliphatic carbocycles. The van der Waals surface area contributed by atoms with Crippen molar-refractivity contribution in [3.05, 3.63) is 64.9 Å². The second-order valence-electron chi connectivity index (χ2n) is 7.89. The van der Waals surface area contributed by atoms with Crippen LogP contribution in [0.2, 0.25) is 5.02 Å². The van der Waals surface area contributed by atoms with Crippen LogP contribution in [0.4, 0.5) is 0 Å². The molecular weight excluding hydrogens is 388 g/mol. The molecule has 0 unspecified atom stereocenters. The fourth-order valence-electron chi connectivity index (χ4n) is 3.12. The van der Waals surface area contributed by atoms with E-state index in [4.69, 9.17) is 11.6 Å². The molecule has 0 aliphatic rings. The summed E-state index contributed by atoms with van der Waals surface area (Å²) >= 11 is 6.08. The number of imidazole rings is 1. The number of aromatic nitrogens is 2. The van der Waals surface area contributed by atoms with Gasteiger partial charge < -0.3 is 15.2 Å². The van der Waals surface area contributed by atoms with E-state index in [2.05, 4.69) is 15.6 Å². The molecule has 3 rings (SSSR count). The minimum atomic E-state index is -0.309. The third kappa shape index (κ3) is 5.35. The van der Waals surface area contributed by atoms with Crippen molar-refractivity contribution in [2.45, 2.75) is 39.3 Å². The van der Waals surface area contributed by atoms with Gasteiger partial charge >= 0.3 is 0 Å². The number of amides is 2. The maximum atomic E-state index is 12.5.